The molecule has 1 aromatic heterocycles. The monoisotopic (exact) mass is 523 g/mol. The maximum Gasteiger partial charge on any atom is 0.295 e. The molecule has 5 nitrogen and oxygen atoms in total. The minimum Gasteiger partial charge on any atom is -0.457 e. The van der Waals surface area contributed by atoms with Crippen molar-refractivity contribution in [3.63, 3.8) is 0 Å². The number of ether oxygens (including phenoxy) is 1. The van der Waals surface area contributed by atoms with Gasteiger partial charge >= 0.3 is 0 Å². The van der Waals surface area contributed by atoms with Crippen LogP contribution in [0.4, 0.5) is 5.69 Å². The summed E-state index contributed by atoms with van der Waals surface area (Å²) in [5, 5.41) is 0.442. The Morgan fingerprint density at radius 2 is 1.51 bits per heavy atom. The van der Waals surface area contributed by atoms with E-state index in [-0.39, 0.29) is 17.1 Å². The van der Waals surface area contributed by atoms with Crippen LogP contribution in [0.15, 0.2) is 117 Å². The summed E-state index contributed by atoms with van der Waals surface area (Å²) in [6, 6.07) is 30.7. The van der Waals surface area contributed by atoms with Crippen LogP contribution in [-0.4, -0.2) is 5.91 Å². The second kappa shape index (κ2) is 8.56. The number of fused-ring (bicyclic) bond motifs is 2. The number of para-hydroxylation sites is 2. The summed E-state index contributed by atoms with van der Waals surface area (Å²) in [4.78, 5) is 29.0. The highest BCUT2D eigenvalue weighted by atomic mass is 79.9. The molecule has 4 aromatic carbocycles. The molecule has 6 rings (SSSR count). The molecule has 0 fully saturated rings. The number of benzene rings is 4. The number of rotatable bonds is 4. The summed E-state index contributed by atoms with van der Waals surface area (Å²) in [5.41, 5.74) is 1.89. The van der Waals surface area contributed by atoms with Gasteiger partial charge in [0, 0.05) is 10.2 Å². The van der Waals surface area contributed by atoms with Gasteiger partial charge in [-0.2, -0.15) is 0 Å². The maximum absolute atomic E-state index is 13.7. The first-order valence-corrected chi connectivity index (χ1v) is 11.9. The Bertz CT molecular complexity index is 1640. The quantitative estimate of drug-likeness (QED) is 0.252. The summed E-state index contributed by atoms with van der Waals surface area (Å²) in [5.74, 6) is 1.00. The summed E-state index contributed by atoms with van der Waals surface area (Å²) in [7, 11) is 0. The van der Waals surface area contributed by atoms with Crippen LogP contribution in [-0.2, 0) is 0 Å². The van der Waals surface area contributed by atoms with E-state index >= 15 is 0 Å². The Labute approximate surface area is 209 Å². The van der Waals surface area contributed by atoms with Gasteiger partial charge in [0.05, 0.1) is 17.0 Å². The van der Waals surface area contributed by atoms with Gasteiger partial charge < -0.3 is 9.15 Å². The van der Waals surface area contributed by atoms with E-state index in [1.807, 2.05) is 78.9 Å². The zero-order chi connectivity index (χ0) is 23.9. The normalized spacial score (nSPS) is 14.8. The molecule has 5 aromatic rings. The standard InChI is InChI=1S/C29H18BrNO4/c30-19-9-7-10-20(17-19)31-26(18-8-6-13-22(16-18)34-21-11-2-1-3-12-21)25-27(32)23-14-4-5-15-24(23)35-28(25)29(31)33/h1-17,26H. The Morgan fingerprint density at radius 1 is 0.771 bits per heavy atom. The molecule has 2 heterocycles. The lowest BCUT2D eigenvalue weighted by Crippen LogP contribution is -2.29. The predicted octanol–water partition coefficient (Wildman–Crippen LogP) is 7.10. The minimum absolute atomic E-state index is 0.0630. The van der Waals surface area contributed by atoms with E-state index in [0.29, 0.717) is 33.7 Å². The average Bonchev–Trinajstić information content (AvgIpc) is 3.17. The first-order valence-electron chi connectivity index (χ1n) is 11.1. The number of anilines is 1. The summed E-state index contributed by atoms with van der Waals surface area (Å²) in [6.07, 6.45) is 0. The number of nitrogens with zero attached hydrogens (tertiary/aromatic N) is 1. The molecular formula is C29H18BrNO4. The number of hydrogen-bond acceptors (Lipinski definition) is 4. The van der Waals surface area contributed by atoms with Gasteiger partial charge in [-0.15, -0.1) is 0 Å². The van der Waals surface area contributed by atoms with Crippen molar-refractivity contribution in [2.45, 2.75) is 6.04 Å². The van der Waals surface area contributed by atoms with Crippen LogP contribution in [0.5, 0.6) is 11.5 Å². The van der Waals surface area contributed by atoms with Crippen LogP contribution in [0.25, 0.3) is 11.0 Å². The zero-order valence-electron chi connectivity index (χ0n) is 18.4. The molecule has 0 radical (unpaired) electrons. The topological polar surface area (TPSA) is 59.8 Å². The van der Waals surface area contributed by atoms with Gasteiger partial charge in [-0.3, -0.25) is 14.5 Å². The number of carbonyl (C=O) groups is 1. The molecule has 0 N–H and O–H groups in total. The lowest BCUT2D eigenvalue weighted by Gasteiger charge is -2.25. The van der Waals surface area contributed by atoms with Crippen molar-refractivity contribution in [2.24, 2.45) is 0 Å². The second-order valence-electron chi connectivity index (χ2n) is 8.22. The van der Waals surface area contributed by atoms with Crippen molar-refractivity contribution < 1.29 is 13.9 Å². The fourth-order valence-electron chi connectivity index (χ4n) is 4.50. The van der Waals surface area contributed by atoms with Gasteiger partial charge in [0.15, 0.2) is 5.43 Å². The third-order valence-corrected chi connectivity index (χ3v) is 6.51. The molecule has 35 heavy (non-hydrogen) atoms. The van der Waals surface area contributed by atoms with Crippen LogP contribution in [0.2, 0.25) is 0 Å². The Hall–Kier alpha value is -4.16. The van der Waals surface area contributed by atoms with Gasteiger partial charge in [-0.05, 0) is 60.2 Å². The fraction of sp³-hybridized carbons (Fsp3) is 0.0345. The summed E-state index contributed by atoms with van der Waals surface area (Å²) < 4.78 is 12.9. The highest BCUT2D eigenvalue weighted by molar-refractivity contribution is 9.10. The van der Waals surface area contributed by atoms with Gasteiger partial charge in [-0.25, -0.2) is 0 Å². The number of hydrogen-bond donors (Lipinski definition) is 0. The summed E-state index contributed by atoms with van der Waals surface area (Å²) in [6.45, 7) is 0. The average molecular weight is 524 g/mol. The van der Waals surface area contributed by atoms with Crippen LogP contribution >= 0.6 is 15.9 Å². The van der Waals surface area contributed by atoms with Crippen molar-refractivity contribution in [1.29, 1.82) is 0 Å². The van der Waals surface area contributed by atoms with E-state index < -0.39 is 6.04 Å². The van der Waals surface area contributed by atoms with Crippen molar-refractivity contribution in [1.82, 2.24) is 0 Å². The molecule has 0 saturated heterocycles. The Kier molecular flexibility index (Phi) is 5.23. The number of carbonyl (C=O) groups excluding carboxylic acids is 1. The van der Waals surface area contributed by atoms with Crippen molar-refractivity contribution in [2.75, 3.05) is 4.90 Å². The first-order chi connectivity index (χ1) is 17.1. The van der Waals surface area contributed by atoms with E-state index in [1.165, 1.54) is 0 Å². The van der Waals surface area contributed by atoms with E-state index in [2.05, 4.69) is 15.9 Å². The van der Waals surface area contributed by atoms with Crippen LogP contribution < -0.4 is 15.1 Å². The maximum atomic E-state index is 13.7. The molecule has 6 heteroatoms. The number of halogens is 1. The molecule has 0 saturated carbocycles. The van der Waals surface area contributed by atoms with Crippen molar-refractivity contribution in [3.05, 3.63) is 135 Å². The van der Waals surface area contributed by atoms with E-state index in [0.717, 1.165) is 10.0 Å². The molecule has 170 valence electrons. The van der Waals surface area contributed by atoms with Crippen molar-refractivity contribution in [3.8, 4) is 11.5 Å². The lowest BCUT2D eigenvalue weighted by molar-refractivity contribution is 0.0971. The highest BCUT2D eigenvalue weighted by Gasteiger charge is 2.43. The molecule has 1 amide bonds. The highest BCUT2D eigenvalue weighted by Crippen LogP contribution is 2.42. The molecule has 1 aliphatic rings. The van der Waals surface area contributed by atoms with Gasteiger partial charge in [-0.1, -0.05) is 64.5 Å². The lowest BCUT2D eigenvalue weighted by atomic mass is 9.98. The van der Waals surface area contributed by atoms with Gasteiger partial charge in [0.2, 0.25) is 5.76 Å². The molecule has 0 bridgehead atoms. The Morgan fingerprint density at radius 3 is 2.34 bits per heavy atom. The Balaban J connectivity index is 1.56. The van der Waals surface area contributed by atoms with Crippen LogP contribution in [0.3, 0.4) is 0 Å². The van der Waals surface area contributed by atoms with Crippen LogP contribution in [0.1, 0.15) is 27.7 Å². The molecule has 1 atom stereocenters. The zero-order valence-corrected chi connectivity index (χ0v) is 19.9. The molecule has 0 aliphatic carbocycles. The largest absolute Gasteiger partial charge is 0.457 e. The fourth-order valence-corrected chi connectivity index (χ4v) is 4.89. The SMILES string of the molecule is O=C1c2oc3ccccc3c(=O)c2C(c2cccc(Oc3ccccc3)c2)N1c1cccc(Br)c1. The molecular weight excluding hydrogens is 506 g/mol. The van der Waals surface area contributed by atoms with Crippen molar-refractivity contribution >= 4 is 38.5 Å². The summed E-state index contributed by atoms with van der Waals surface area (Å²) >= 11 is 3.50. The van der Waals surface area contributed by atoms with Crippen LogP contribution in [0, 0.1) is 0 Å². The second-order valence-corrected chi connectivity index (χ2v) is 9.13. The van der Waals surface area contributed by atoms with E-state index in [4.69, 9.17) is 9.15 Å². The third-order valence-electron chi connectivity index (χ3n) is 6.02. The minimum atomic E-state index is -0.674. The predicted molar refractivity (Wildman–Crippen MR) is 138 cm³/mol. The first kappa shape index (κ1) is 21.4. The van der Waals surface area contributed by atoms with E-state index in [1.54, 1.807) is 29.2 Å². The van der Waals surface area contributed by atoms with Gasteiger partial charge in [0.25, 0.3) is 5.91 Å². The molecule has 1 unspecified atom stereocenters. The molecule has 1 aliphatic heterocycles. The molecule has 0 spiro atoms. The third kappa shape index (κ3) is 3.72. The number of amides is 1. The van der Waals surface area contributed by atoms with E-state index in [9.17, 15) is 9.59 Å². The van der Waals surface area contributed by atoms with Gasteiger partial charge in [0.1, 0.15) is 17.1 Å². The smallest absolute Gasteiger partial charge is 0.295 e.